The molecule has 1 unspecified atom stereocenters. The Morgan fingerprint density at radius 2 is 1.88 bits per heavy atom. The molecule has 9 heteroatoms. The van der Waals surface area contributed by atoms with Gasteiger partial charge in [0.1, 0.15) is 5.76 Å². The Hall–Kier alpha value is -3.36. The van der Waals surface area contributed by atoms with E-state index in [0.29, 0.717) is 24.4 Å². The van der Waals surface area contributed by atoms with Gasteiger partial charge in [0.25, 0.3) is 5.91 Å². The topological polar surface area (TPSA) is 71.3 Å². The number of piperidine rings is 1. The lowest BCUT2D eigenvalue weighted by Crippen LogP contribution is -2.41. The minimum atomic E-state index is -4.21. The molecule has 1 N–H and O–H groups in total. The molecule has 4 rings (SSSR count). The molecule has 0 aliphatic carbocycles. The molecule has 6 nitrogen and oxygen atoms in total. The number of halogens is 3. The second-order valence-corrected chi connectivity index (χ2v) is 8.81. The van der Waals surface area contributed by atoms with Crippen molar-refractivity contribution in [1.82, 2.24) is 15.5 Å². The number of anilines is 1. The monoisotopic (exact) mass is 472 g/mol. The predicted molar refractivity (Wildman–Crippen MR) is 123 cm³/mol. The minimum absolute atomic E-state index is 0.0691. The quantitative estimate of drug-likeness (QED) is 0.541. The van der Waals surface area contributed by atoms with Gasteiger partial charge in [-0.2, -0.15) is 13.2 Å². The summed E-state index contributed by atoms with van der Waals surface area (Å²) in [6, 6.07) is 11.1. The van der Waals surface area contributed by atoms with Crippen molar-refractivity contribution in [2.45, 2.75) is 46.3 Å². The lowest BCUT2D eigenvalue weighted by Gasteiger charge is -2.35. The Kier molecular flexibility index (Phi) is 6.63. The molecule has 1 aliphatic rings. The van der Waals surface area contributed by atoms with Crippen LogP contribution in [0.15, 0.2) is 40.9 Å². The van der Waals surface area contributed by atoms with E-state index in [1.54, 1.807) is 17.9 Å². The molecule has 0 radical (unpaired) electrons. The molecule has 0 bridgehead atoms. The highest BCUT2D eigenvalue weighted by molar-refractivity contribution is 5.92. The second kappa shape index (κ2) is 9.48. The number of pyridine rings is 1. The molecule has 3 aromatic rings. The molecule has 2 aromatic heterocycles. The third kappa shape index (κ3) is 5.40. The van der Waals surface area contributed by atoms with E-state index in [4.69, 9.17) is 4.52 Å². The molecule has 3 heterocycles. The third-order valence-corrected chi connectivity index (χ3v) is 6.03. The lowest BCUT2D eigenvalue weighted by molar-refractivity contribution is -0.175. The number of carbonyl (C=O) groups is 1. The average Bonchev–Trinajstić information content (AvgIpc) is 3.22. The van der Waals surface area contributed by atoms with E-state index in [0.717, 1.165) is 28.1 Å². The molecule has 1 saturated heterocycles. The van der Waals surface area contributed by atoms with E-state index in [-0.39, 0.29) is 31.1 Å². The number of benzene rings is 1. The number of alkyl halides is 3. The smallest absolute Gasteiger partial charge is 0.371 e. The first-order valence-corrected chi connectivity index (χ1v) is 11.2. The van der Waals surface area contributed by atoms with Crippen LogP contribution in [0.2, 0.25) is 0 Å². The Bertz CT molecular complexity index is 1170. The van der Waals surface area contributed by atoms with Gasteiger partial charge in [-0.3, -0.25) is 9.78 Å². The maximum Gasteiger partial charge on any atom is 0.393 e. The zero-order chi connectivity index (χ0) is 24.5. The van der Waals surface area contributed by atoms with Gasteiger partial charge in [-0.25, -0.2) is 0 Å². The van der Waals surface area contributed by atoms with Crippen LogP contribution in [0.25, 0.3) is 11.1 Å². The number of hydrogen-bond acceptors (Lipinski definition) is 5. The fourth-order valence-corrected chi connectivity index (χ4v) is 4.41. The van der Waals surface area contributed by atoms with Crippen molar-refractivity contribution in [3.8, 4) is 11.1 Å². The summed E-state index contributed by atoms with van der Waals surface area (Å²) in [5, 5.41) is 6.60. The second-order valence-electron chi connectivity index (χ2n) is 8.81. The Balaban J connectivity index is 1.65. The van der Waals surface area contributed by atoms with Crippen LogP contribution in [0.5, 0.6) is 0 Å². The average molecular weight is 473 g/mol. The number of nitrogens with one attached hydrogen (secondary N) is 1. The first kappa shape index (κ1) is 23.8. The lowest BCUT2D eigenvalue weighted by atomic mass is 9.95. The summed E-state index contributed by atoms with van der Waals surface area (Å²) in [6.07, 6.45) is -3.59. The van der Waals surface area contributed by atoms with E-state index in [1.807, 2.05) is 44.2 Å². The molecule has 1 aromatic carbocycles. The van der Waals surface area contributed by atoms with Gasteiger partial charge in [0.15, 0.2) is 5.69 Å². The Morgan fingerprint density at radius 1 is 1.15 bits per heavy atom. The summed E-state index contributed by atoms with van der Waals surface area (Å²) in [6.45, 7) is 6.19. The summed E-state index contributed by atoms with van der Waals surface area (Å²) >= 11 is 0. The van der Waals surface area contributed by atoms with E-state index in [2.05, 4.69) is 15.5 Å². The Morgan fingerprint density at radius 3 is 2.53 bits per heavy atom. The number of hydrogen-bond donors (Lipinski definition) is 1. The first-order valence-electron chi connectivity index (χ1n) is 11.2. The summed E-state index contributed by atoms with van der Waals surface area (Å²) in [5.74, 6) is -1.20. The highest BCUT2D eigenvalue weighted by Gasteiger charge is 2.41. The van der Waals surface area contributed by atoms with E-state index >= 15 is 0 Å². The Labute approximate surface area is 196 Å². The van der Waals surface area contributed by atoms with Crippen LogP contribution in [0.1, 0.15) is 46.0 Å². The van der Waals surface area contributed by atoms with Gasteiger partial charge in [0, 0.05) is 42.8 Å². The van der Waals surface area contributed by atoms with Crippen molar-refractivity contribution in [3.05, 3.63) is 64.8 Å². The van der Waals surface area contributed by atoms with Crippen molar-refractivity contribution in [3.63, 3.8) is 0 Å². The molecule has 34 heavy (non-hydrogen) atoms. The largest absolute Gasteiger partial charge is 0.393 e. The molecule has 0 spiro atoms. The molecular weight excluding hydrogens is 445 g/mol. The van der Waals surface area contributed by atoms with Crippen molar-refractivity contribution in [1.29, 1.82) is 0 Å². The summed E-state index contributed by atoms with van der Waals surface area (Å²) < 4.78 is 45.0. The molecule has 1 fully saturated rings. The van der Waals surface area contributed by atoms with Crippen LogP contribution in [0, 0.1) is 26.7 Å². The minimum Gasteiger partial charge on any atom is -0.371 e. The molecule has 0 saturated carbocycles. The molecule has 1 atom stereocenters. The maximum absolute atomic E-state index is 13.3. The number of amides is 1. The molecular formula is C25H27F3N4O2. The highest BCUT2D eigenvalue weighted by Crippen LogP contribution is 2.36. The fraction of sp³-hybridized carbons (Fsp3) is 0.400. The SMILES string of the molecule is Cc1cc(-c2ccc(N3CCCC(C(F)(F)F)C3)cc2CNC(=O)c2cc(C)on2)cc(C)n1. The fourth-order valence-electron chi connectivity index (χ4n) is 4.41. The van der Waals surface area contributed by atoms with Crippen LogP contribution in [0.3, 0.4) is 0 Å². The van der Waals surface area contributed by atoms with Crippen LogP contribution in [-0.2, 0) is 6.54 Å². The number of aromatic nitrogens is 2. The maximum atomic E-state index is 13.3. The van der Waals surface area contributed by atoms with Gasteiger partial charge >= 0.3 is 6.18 Å². The molecule has 1 amide bonds. The van der Waals surface area contributed by atoms with E-state index in [1.165, 1.54) is 0 Å². The van der Waals surface area contributed by atoms with Crippen molar-refractivity contribution >= 4 is 11.6 Å². The number of rotatable bonds is 5. The van der Waals surface area contributed by atoms with Crippen LogP contribution >= 0.6 is 0 Å². The van der Waals surface area contributed by atoms with Crippen molar-refractivity contribution in [2.75, 3.05) is 18.0 Å². The predicted octanol–water partition coefficient (Wildman–Crippen LogP) is 5.37. The summed E-state index contributed by atoms with van der Waals surface area (Å²) in [7, 11) is 0. The van der Waals surface area contributed by atoms with Crippen LogP contribution in [0.4, 0.5) is 18.9 Å². The normalized spacial score (nSPS) is 16.5. The van der Waals surface area contributed by atoms with Crippen LogP contribution < -0.4 is 10.2 Å². The van der Waals surface area contributed by atoms with Gasteiger partial charge in [-0.05, 0) is 74.6 Å². The van der Waals surface area contributed by atoms with Crippen molar-refractivity contribution in [2.24, 2.45) is 5.92 Å². The zero-order valence-corrected chi connectivity index (χ0v) is 19.4. The molecule has 180 valence electrons. The standard InChI is InChI=1S/C25H27F3N4O2/c1-15-9-18(10-16(2)30-15)22-7-6-21(32-8-4-5-20(14-32)25(26,27)28)12-19(22)13-29-24(33)23-11-17(3)34-31-23/h6-7,9-12,20H,4-5,8,13-14H2,1-3H3,(H,29,33). The van der Waals surface area contributed by atoms with Gasteiger partial charge < -0.3 is 14.7 Å². The third-order valence-electron chi connectivity index (χ3n) is 6.03. The van der Waals surface area contributed by atoms with E-state index in [9.17, 15) is 18.0 Å². The van der Waals surface area contributed by atoms with Gasteiger partial charge in [0.2, 0.25) is 0 Å². The first-order chi connectivity index (χ1) is 16.1. The van der Waals surface area contributed by atoms with Gasteiger partial charge in [-0.15, -0.1) is 0 Å². The van der Waals surface area contributed by atoms with Crippen LogP contribution in [-0.4, -0.2) is 35.3 Å². The number of nitrogens with zero attached hydrogens (tertiary/aromatic N) is 3. The summed E-state index contributed by atoms with van der Waals surface area (Å²) in [4.78, 5) is 18.8. The number of carbonyl (C=O) groups excluding carboxylic acids is 1. The zero-order valence-electron chi connectivity index (χ0n) is 19.4. The van der Waals surface area contributed by atoms with Crippen molar-refractivity contribution < 1.29 is 22.5 Å². The molecule has 1 aliphatic heterocycles. The highest BCUT2D eigenvalue weighted by atomic mass is 19.4. The summed E-state index contributed by atoms with van der Waals surface area (Å²) in [5.41, 5.74) is 5.22. The van der Waals surface area contributed by atoms with E-state index < -0.39 is 12.1 Å². The van der Waals surface area contributed by atoms with Gasteiger partial charge in [0.05, 0.1) is 5.92 Å². The van der Waals surface area contributed by atoms with Gasteiger partial charge in [-0.1, -0.05) is 11.2 Å². The number of aryl methyl sites for hydroxylation is 3.